The molecule has 0 aliphatic heterocycles. The summed E-state index contributed by atoms with van der Waals surface area (Å²) in [5.41, 5.74) is 1.24. The highest BCUT2D eigenvalue weighted by atomic mass is 79.9. The second-order valence-electron chi connectivity index (χ2n) is 4.32. The lowest BCUT2D eigenvalue weighted by atomic mass is 10.2. The Kier molecular flexibility index (Phi) is 6.45. The van der Waals surface area contributed by atoms with Crippen LogP contribution in [-0.2, 0) is 4.74 Å². The third-order valence-electron chi connectivity index (χ3n) is 2.68. The van der Waals surface area contributed by atoms with Gasteiger partial charge in [-0.25, -0.2) is 4.79 Å². The fourth-order valence-corrected chi connectivity index (χ4v) is 2.33. The van der Waals surface area contributed by atoms with E-state index in [1.54, 1.807) is 49.5 Å². The van der Waals surface area contributed by atoms with E-state index in [2.05, 4.69) is 20.9 Å². The molecule has 0 aliphatic rings. The van der Waals surface area contributed by atoms with Crippen LogP contribution in [0.15, 0.2) is 45.9 Å². The van der Waals surface area contributed by atoms with Crippen molar-refractivity contribution in [2.45, 2.75) is 6.92 Å². The van der Waals surface area contributed by atoms with Crippen molar-refractivity contribution in [3.63, 3.8) is 0 Å². The lowest BCUT2D eigenvalue weighted by molar-refractivity contribution is 0.104. The van der Waals surface area contributed by atoms with Crippen LogP contribution in [0.1, 0.15) is 12.5 Å². The SMILES string of the molecule is CCOC(=O)Oc1ccc(Br)cc1C=Nc1ccc(Cl)c(Cl)c1. The fourth-order valence-electron chi connectivity index (χ4n) is 1.66. The number of ether oxygens (including phenoxy) is 2. The largest absolute Gasteiger partial charge is 0.513 e. The standard InChI is InChI=1S/C16H12BrCl2NO3/c1-2-22-16(21)23-15-6-3-11(17)7-10(15)9-20-12-4-5-13(18)14(19)8-12/h3-9H,2H2,1H3. The molecule has 0 fully saturated rings. The molecule has 0 aromatic heterocycles. The van der Waals surface area contributed by atoms with E-state index >= 15 is 0 Å². The average molecular weight is 417 g/mol. The Bertz CT molecular complexity index is 750. The summed E-state index contributed by atoms with van der Waals surface area (Å²) in [7, 11) is 0. The quantitative estimate of drug-likeness (QED) is 0.346. The number of carbonyl (C=O) groups excluding carboxylic acids is 1. The first-order valence-corrected chi connectivity index (χ1v) is 8.17. The predicted octanol–water partition coefficient (Wildman–Crippen LogP) is 6.04. The van der Waals surface area contributed by atoms with Crippen LogP contribution in [0.3, 0.4) is 0 Å². The number of carbonyl (C=O) groups is 1. The molecule has 7 heteroatoms. The van der Waals surface area contributed by atoms with Crippen molar-refractivity contribution in [1.82, 2.24) is 0 Å². The summed E-state index contributed by atoms with van der Waals surface area (Å²) in [5, 5.41) is 0.873. The summed E-state index contributed by atoms with van der Waals surface area (Å²) in [6.07, 6.45) is 0.804. The second-order valence-corrected chi connectivity index (χ2v) is 6.05. The maximum atomic E-state index is 11.5. The van der Waals surface area contributed by atoms with E-state index in [1.807, 2.05) is 0 Å². The maximum Gasteiger partial charge on any atom is 0.513 e. The summed E-state index contributed by atoms with van der Waals surface area (Å²) in [4.78, 5) is 15.8. The van der Waals surface area contributed by atoms with E-state index in [1.165, 1.54) is 0 Å². The maximum absolute atomic E-state index is 11.5. The molecule has 0 heterocycles. The van der Waals surface area contributed by atoms with Gasteiger partial charge in [0.1, 0.15) is 5.75 Å². The highest BCUT2D eigenvalue weighted by Crippen LogP contribution is 2.27. The van der Waals surface area contributed by atoms with Gasteiger partial charge < -0.3 is 9.47 Å². The third-order valence-corrected chi connectivity index (χ3v) is 3.92. The molecule has 0 radical (unpaired) electrons. The Labute approximate surface area is 152 Å². The molecule has 0 N–H and O–H groups in total. The Balaban J connectivity index is 2.26. The molecular weight excluding hydrogens is 405 g/mol. The minimum atomic E-state index is -0.765. The molecule has 4 nitrogen and oxygen atoms in total. The van der Waals surface area contributed by atoms with Gasteiger partial charge in [0.25, 0.3) is 0 Å². The van der Waals surface area contributed by atoms with Crippen LogP contribution in [0.2, 0.25) is 10.0 Å². The first-order valence-electron chi connectivity index (χ1n) is 6.63. The highest BCUT2D eigenvalue weighted by Gasteiger charge is 2.09. The van der Waals surface area contributed by atoms with Crippen molar-refractivity contribution in [3.05, 3.63) is 56.5 Å². The van der Waals surface area contributed by atoms with Crippen LogP contribution in [-0.4, -0.2) is 19.0 Å². The Morgan fingerprint density at radius 3 is 2.70 bits per heavy atom. The fraction of sp³-hybridized carbons (Fsp3) is 0.125. The number of hydrogen-bond donors (Lipinski definition) is 0. The van der Waals surface area contributed by atoms with Crippen molar-refractivity contribution in [2.24, 2.45) is 4.99 Å². The van der Waals surface area contributed by atoms with Gasteiger partial charge in [0.2, 0.25) is 0 Å². The Morgan fingerprint density at radius 2 is 2.00 bits per heavy atom. The molecule has 0 bridgehead atoms. The zero-order chi connectivity index (χ0) is 16.8. The van der Waals surface area contributed by atoms with Crippen LogP contribution >= 0.6 is 39.1 Å². The smallest absolute Gasteiger partial charge is 0.434 e. The number of benzene rings is 2. The van der Waals surface area contributed by atoms with E-state index in [0.717, 1.165) is 4.47 Å². The van der Waals surface area contributed by atoms with Crippen LogP contribution in [0.25, 0.3) is 0 Å². The van der Waals surface area contributed by atoms with E-state index in [0.29, 0.717) is 27.0 Å². The third kappa shape index (κ3) is 5.23. The normalized spacial score (nSPS) is 10.8. The number of halogens is 3. The summed E-state index contributed by atoms with van der Waals surface area (Å²) in [6.45, 7) is 1.94. The van der Waals surface area contributed by atoms with E-state index in [9.17, 15) is 4.79 Å². The van der Waals surface area contributed by atoms with E-state index in [4.69, 9.17) is 32.7 Å². The minimum absolute atomic E-state index is 0.238. The molecule has 23 heavy (non-hydrogen) atoms. The molecule has 0 saturated carbocycles. The van der Waals surface area contributed by atoms with Crippen molar-refractivity contribution in [3.8, 4) is 5.75 Å². The zero-order valence-corrected chi connectivity index (χ0v) is 15.2. The molecule has 0 unspecified atom stereocenters. The van der Waals surface area contributed by atoms with Gasteiger partial charge in [-0.15, -0.1) is 0 Å². The molecule has 120 valence electrons. The van der Waals surface area contributed by atoms with Crippen molar-refractivity contribution in [2.75, 3.05) is 6.61 Å². The second kappa shape index (κ2) is 8.34. The Morgan fingerprint density at radius 1 is 1.22 bits per heavy atom. The molecule has 2 rings (SSSR count). The van der Waals surface area contributed by atoms with Gasteiger partial charge >= 0.3 is 6.16 Å². The van der Waals surface area contributed by atoms with Crippen molar-refractivity contribution in [1.29, 1.82) is 0 Å². The monoisotopic (exact) mass is 415 g/mol. The minimum Gasteiger partial charge on any atom is -0.434 e. The average Bonchev–Trinajstić information content (AvgIpc) is 2.51. The molecule has 2 aromatic carbocycles. The summed E-state index contributed by atoms with van der Waals surface area (Å²) in [5.74, 6) is 0.343. The van der Waals surface area contributed by atoms with Gasteiger partial charge in [-0.3, -0.25) is 4.99 Å². The number of aliphatic imine (C=N–C) groups is 1. The summed E-state index contributed by atoms with van der Waals surface area (Å²) in [6, 6.07) is 10.2. The molecule has 0 amide bonds. The lowest BCUT2D eigenvalue weighted by Gasteiger charge is -2.07. The van der Waals surface area contributed by atoms with Gasteiger partial charge in [0.15, 0.2) is 0 Å². The summed E-state index contributed by atoms with van der Waals surface area (Å²) < 4.78 is 10.7. The molecule has 0 aliphatic carbocycles. The number of hydrogen-bond acceptors (Lipinski definition) is 4. The van der Waals surface area contributed by atoms with Crippen LogP contribution in [0, 0.1) is 0 Å². The molecule has 0 spiro atoms. The Hall–Kier alpha value is -1.56. The highest BCUT2D eigenvalue weighted by molar-refractivity contribution is 9.10. The topological polar surface area (TPSA) is 47.9 Å². The first-order chi connectivity index (χ1) is 11.0. The van der Waals surface area contributed by atoms with Gasteiger partial charge in [0, 0.05) is 16.3 Å². The van der Waals surface area contributed by atoms with E-state index < -0.39 is 6.16 Å². The van der Waals surface area contributed by atoms with Crippen LogP contribution in [0.5, 0.6) is 5.75 Å². The van der Waals surface area contributed by atoms with E-state index in [-0.39, 0.29) is 6.61 Å². The predicted molar refractivity (Wildman–Crippen MR) is 95.5 cm³/mol. The number of nitrogens with zero attached hydrogens (tertiary/aromatic N) is 1. The van der Waals surface area contributed by atoms with Crippen LogP contribution < -0.4 is 4.74 Å². The molecule has 0 atom stereocenters. The molecule has 0 saturated heterocycles. The van der Waals surface area contributed by atoms with Crippen molar-refractivity contribution >= 4 is 57.2 Å². The summed E-state index contributed by atoms with van der Waals surface area (Å²) >= 11 is 15.2. The van der Waals surface area contributed by atoms with Gasteiger partial charge in [-0.05, 0) is 43.3 Å². The van der Waals surface area contributed by atoms with Crippen LogP contribution in [0.4, 0.5) is 10.5 Å². The number of rotatable bonds is 4. The zero-order valence-electron chi connectivity index (χ0n) is 12.1. The molecular formula is C16H12BrCl2NO3. The molecule has 2 aromatic rings. The van der Waals surface area contributed by atoms with Gasteiger partial charge in [0.05, 0.1) is 22.3 Å². The van der Waals surface area contributed by atoms with Crippen molar-refractivity contribution < 1.29 is 14.3 Å². The van der Waals surface area contributed by atoms with Gasteiger partial charge in [-0.2, -0.15) is 0 Å². The first kappa shape index (κ1) is 17.8. The van der Waals surface area contributed by atoms with Gasteiger partial charge in [-0.1, -0.05) is 39.1 Å². The lowest BCUT2D eigenvalue weighted by Crippen LogP contribution is -2.11.